The smallest absolute Gasteiger partial charge is 0.271 e. The Bertz CT molecular complexity index is 664. The van der Waals surface area contributed by atoms with Crippen molar-refractivity contribution < 1.29 is 4.92 Å². The number of nitrogens with one attached hydrogen (secondary N) is 2. The molecule has 20 heavy (non-hydrogen) atoms. The molecule has 2 rings (SSSR count). The molecule has 0 amide bonds. The predicted molar refractivity (Wildman–Crippen MR) is 87.1 cm³/mol. The molecule has 0 fully saturated rings. The minimum atomic E-state index is -0.448. The van der Waals surface area contributed by atoms with Crippen LogP contribution >= 0.6 is 28.1 Å². The van der Waals surface area contributed by atoms with Gasteiger partial charge in [-0.05, 0) is 36.5 Å². The Morgan fingerprint density at radius 2 is 1.70 bits per heavy atom. The second-order valence-electron chi connectivity index (χ2n) is 3.90. The highest BCUT2D eigenvalue weighted by Gasteiger charge is 2.06. The van der Waals surface area contributed by atoms with Crippen molar-refractivity contribution >= 4 is 50.3 Å². The van der Waals surface area contributed by atoms with Gasteiger partial charge < -0.3 is 10.6 Å². The first kappa shape index (κ1) is 14.4. The van der Waals surface area contributed by atoms with Crippen molar-refractivity contribution in [1.82, 2.24) is 0 Å². The Kier molecular flexibility index (Phi) is 4.65. The number of anilines is 2. The Morgan fingerprint density at radius 1 is 1.10 bits per heavy atom. The SMILES string of the molecule is O=[N+]([O-])c1cccc(NC(=S)Nc2cccc(Br)c2)c1. The molecule has 2 aromatic carbocycles. The fourth-order valence-corrected chi connectivity index (χ4v) is 2.19. The molecule has 0 aromatic heterocycles. The zero-order valence-corrected chi connectivity index (χ0v) is 12.6. The highest BCUT2D eigenvalue weighted by Crippen LogP contribution is 2.18. The van der Waals surface area contributed by atoms with Crippen molar-refractivity contribution in [2.75, 3.05) is 10.6 Å². The normalized spacial score (nSPS) is 9.85. The molecule has 0 saturated carbocycles. The fourth-order valence-electron chi connectivity index (χ4n) is 1.56. The van der Waals surface area contributed by atoms with E-state index in [1.165, 1.54) is 12.1 Å². The Hall–Kier alpha value is -1.99. The van der Waals surface area contributed by atoms with Gasteiger partial charge in [0.1, 0.15) is 0 Å². The molecule has 102 valence electrons. The van der Waals surface area contributed by atoms with Gasteiger partial charge in [-0.3, -0.25) is 10.1 Å². The number of nitro benzene ring substituents is 1. The first-order chi connectivity index (χ1) is 9.54. The number of hydrogen-bond acceptors (Lipinski definition) is 3. The molecule has 0 aliphatic heterocycles. The number of halogens is 1. The molecule has 0 spiro atoms. The monoisotopic (exact) mass is 351 g/mol. The third-order valence-electron chi connectivity index (χ3n) is 2.40. The van der Waals surface area contributed by atoms with E-state index < -0.39 is 4.92 Å². The average molecular weight is 352 g/mol. The minimum absolute atomic E-state index is 0.0141. The van der Waals surface area contributed by atoms with E-state index in [4.69, 9.17) is 12.2 Å². The summed E-state index contributed by atoms with van der Waals surface area (Å²) >= 11 is 8.53. The Morgan fingerprint density at radius 3 is 2.30 bits per heavy atom. The summed E-state index contributed by atoms with van der Waals surface area (Å²) in [7, 11) is 0. The maximum atomic E-state index is 10.7. The van der Waals surface area contributed by atoms with Gasteiger partial charge in [-0.15, -0.1) is 0 Å². The summed E-state index contributed by atoms with van der Waals surface area (Å²) in [4.78, 5) is 10.2. The second kappa shape index (κ2) is 6.44. The zero-order valence-electron chi connectivity index (χ0n) is 10.2. The van der Waals surface area contributed by atoms with Crippen molar-refractivity contribution in [2.45, 2.75) is 0 Å². The summed E-state index contributed by atoms with van der Waals surface area (Å²) in [6.07, 6.45) is 0. The van der Waals surface area contributed by atoms with E-state index in [-0.39, 0.29) is 5.69 Å². The maximum Gasteiger partial charge on any atom is 0.271 e. The van der Waals surface area contributed by atoms with Crippen LogP contribution in [-0.4, -0.2) is 10.0 Å². The molecule has 0 unspecified atom stereocenters. The average Bonchev–Trinajstić information content (AvgIpc) is 2.38. The predicted octanol–water partition coefficient (Wildman–Crippen LogP) is 4.17. The van der Waals surface area contributed by atoms with Crippen molar-refractivity contribution in [3.8, 4) is 0 Å². The van der Waals surface area contributed by atoms with E-state index >= 15 is 0 Å². The van der Waals surface area contributed by atoms with E-state index in [9.17, 15) is 10.1 Å². The molecule has 2 N–H and O–H groups in total. The molecule has 0 aliphatic carbocycles. The van der Waals surface area contributed by atoms with Crippen LogP contribution in [0.3, 0.4) is 0 Å². The van der Waals surface area contributed by atoms with E-state index in [0.717, 1.165) is 10.2 Å². The highest BCUT2D eigenvalue weighted by molar-refractivity contribution is 9.10. The molecular formula is C13H10BrN3O2S. The van der Waals surface area contributed by atoms with E-state index in [1.54, 1.807) is 12.1 Å². The van der Waals surface area contributed by atoms with Gasteiger partial charge >= 0.3 is 0 Å². The van der Waals surface area contributed by atoms with Crippen LogP contribution in [0.25, 0.3) is 0 Å². The largest absolute Gasteiger partial charge is 0.332 e. The van der Waals surface area contributed by atoms with Gasteiger partial charge in [0.25, 0.3) is 5.69 Å². The highest BCUT2D eigenvalue weighted by atomic mass is 79.9. The number of thiocarbonyl (C=S) groups is 1. The van der Waals surface area contributed by atoms with Crippen LogP contribution in [0, 0.1) is 10.1 Å². The quantitative estimate of drug-likeness (QED) is 0.493. The second-order valence-corrected chi connectivity index (χ2v) is 5.22. The van der Waals surface area contributed by atoms with Crippen LogP contribution in [0.5, 0.6) is 0 Å². The summed E-state index contributed by atoms with van der Waals surface area (Å²) in [5.74, 6) is 0. The minimum Gasteiger partial charge on any atom is -0.332 e. The van der Waals surface area contributed by atoms with Crippen LogP contribution in [-0.2, 0) is 0 Å². The summed E-state index contributed by atoms with van der Waals surface area (Å²) in [6.45, 7) is 0. The van der Waals surface area contributed by atoms with Crippen LogP contribution in [0.2, 0.25) is 0 Å². The molecule has 0 atom stereocenters. The Labute approximate surface area is 129 Å². The lowest BCUT2D eigenvalue weighted by atomic mass is 10.3. The number of non-ortho nitro benzene ring substituents is 1. The molecule has 0 aliphatic rings. The lowest BCUT2D eigenvalue weighted by molar-refractivity contribution is -0.384. The summed E-state index contributed by atoms with van der Waals surface area (Å²) in [6, 6.07) is 13.7. The van der Waals surface area contributed by atoms with Gasteiger partial charge in [0.15, 0.2) is 5.11 Å². The lowest BCUT2D eigenvalue weighted by Gasteiger charge is -2.10. The number of nitro groups is 1. The van der Waals surface area contributed by atoms with Gasteiger partial charge in [0.2, 0.25) is 0 Å². The van der Waals surface area contributed by atoms with Gasteiger partial charge in [-0.2, -0.15) is 0 Å². The standard InChI is InChI=1S/C13H10BrN3O2S/c14-9-3-1-4-10(7-9)15-13(20)16-11-5-2-6-12(8-11)17(18)19/h1-8H,(H2,15,16,20). The maximum absolute atomic E-state index is 10.7. The van der Waals surface area contributed by atoms with Crippen LogP contribution in [0.15, 0.2) is 53.0 Å². The van der Waals surface area contributed by atoms with E-state index in [2.05, 4.69) is 26.6 Å². The van der Waals surface area contributed by atoms with Crippen LogP contribution in [0.1, 0.15) is 0 Å². The van der Waals surface area contributed by atoms with Crippen molar-refractivity contribution in [3.05, 3.63) is 63.1 Å². The van der Waals surface area contributed by atoms with Crippen LogP contribution in [0.4, 0.5) is 17.1 Å². The zero-order chi connectivity index (χ0) is 14.5. The summed E-state index contributed by atoms with van der Waals surface area (Å²) < 4.78 is 0.931. The molecule has 2 aromatic rings. The topological polar surface area (TPSA) is 67.2 Å². The van der Waals surface area contributed by atoms with Gasteiger partial charge in [-0.1, -0.05) is 28.1 Å². The number of nitrogens with zero attached hydrogens (tertiary/aromatic N) is 1. The third kappa shape index (κ3) is 4.01. The van der Waals surface area contributed by atoms with E-state index in [0.29, 0.717) is 10.8 Å². The number of hydrogen-bond donors (Lipinski definition) is 2. The molecule has 0 bridgehead atoms. The number of benzene rings is 2. The lowest BCUT2D eigenvalue weighted by Crippen LogP contribution is -2.19. The number of rotatable bonds is 3. The van der Waals surface area contributed by atoms with Crippen molar-refractivity contribution in [2.24, 2.45) is 0 Å². The van der Waals surface area contributed by atoms with Crippen molar-refractivity contribution in [3.63, 3.8) is 0 Å². The van der Waals surface area contributed by atoms with Gasteiger partial charge in [-0.25, -0.2) is 0 Å². The third-order valence-corrected chi connectivity index (χ3v) is 3.09. The van der Waals surface area contributed by atoms with Gasteiger partial charge in [0, 0.05) is 28.0 Å². The van der Waals surface area contributed by atoms with Crippen molar-refractivity contribution in [1.29, 1.82) is 0 Å². The molecule has 0 radical (unpaired) electrons. The molecule has 0 saturated heterocycles. The molecule has 5 nitrogen and oxygen atoms in total. The first-order valence-electron chi connectivity index (χ1n) is 5.62. The molecule has 7 heteroatoms. The Balaban J connectivity index is 2.04. The fraction of sp³-hybridized carbons (Fsp3) is 0. The summed E-state index contributed by atoms with van der Waals surface area (Å²) in [5, 5.41) is 17.0. The molecule has 0 heterocycles. The van der Waals surface area contributed by atoms with Gasteiger partial charge in [0.05, 0.1) is 4.92 Å². The van der Waals surface area contributed by atoms with E-state index in [1.807, 2.05) is 24.3 Å². The summed E-state index contributed by atoms with van der Waals surface area (Å²) in [5.41, 5.74) is 1.40. The molecular weight excluding hydrogens is 342 g/mol. The first-order valence-corrected chi connectivity index (χ1v) is 6.83. The van der Waals surface area contributed by atoms with Crippen LogP contribution < -0.4 is 10.6 Å².